The van der Waals surface area contributed by atoms with Crippen molar-refractivity contribution < 1.29 is 14.6 Å². The highest BCUT2D eigenvalue weighted by molar-refractivity contribution is 4.74. The summed E-state index contributed by atoms with van der Waals surface area (Å²) < 4.78 is 11.0. The molecule has 0 saturated carbocycles. The van der Waals surface area contributed by atoms with Gasteiger partial charge in [-0.25, -0.2) is 0 Å². The third-order valence-electron chi connectivity index (χ3n) is 4.30. The van der Waals surface area contributed by atoms with Crippen LogP contribution in [-0.2, 0) is 9.47 Å². The van der Waals surface area contributed by atoms with Crippen molar-refractivity contribution in [3.8, 4) is 0 Å². The van der Waals surface area contributed by atoms with Gasteiger partial charge in [-0.3, -0.25) is 0 Å². The molecule has 1 aliphatic rings. The first kappa shape index (κ1) is 17.9. The van der Waals surface area contributed by atoms with Crippen molar-refractivity contribution in [2.24, 2.45) is 0 Å². The molecule has 0 aromatic carbocycles. The Bertz CT molecular complexity index is 220. The lowest BCUT2D eigenvalue weighted by Gasteiger charge is -2.32. The van der Waals surface area contributed by atoms with Gasteiger partial charge in [0.05, 0.1) is 12.2 Å². The van der Waals surface area contributed by atoms with E-state index in [1.54, 1.807) is 7.11 Å². The Hall–Kier alpha value is -0.120. The highest BCUT2D eigenvalue weighted by Gasteiger charge is 2.27. The first-order valence-corrected chi connectivity index (χ1v) is 8.64. The van der Waals surface area contributed by atoms with Crippen molar-refractivity contribution in [1.29, 1.82) is 0 Å². The zero-order valence-electron chi connectivity index (χ0n) is 13.5. The van der Waals surface area contributed by atoms with Crippen LogP contribution in [0.4, 0.5) is 0 Å². The molecule has 1 aliphatic heterocycles. The Labute approximate surface area is 125 Å². The van der Waals surface area contributed by atoms with Crippen LogP contribution in [0.1, 0.15) is 84.0 Å². The van der Waals surface area contributed by atoms with E-state index in [4.69, 9.17) is 9.47 Å². The van der Waals surface area contributed by atoms with Gasteiger partial charge in [-0.2, -0.15) is 0 Å². The lowest BCUT2D eigenvalue weighted by atomic mass is 9.98. The zero-order chi connectivity index (χ0) is 14.6. The second kappa shape index (κ2) is 11.5. The first-order chi connectivity index (χ1) is 9.77. The SMILES string of the molecule is CCCCCCCCCC[C@H](O)[C@H]1CCCC(OC)O1. The van der Waals surface area contributed by atoms with Gasteiger partial charge in [0, 0.05) is 7.11 Å². The zero-order valence-corrected chi connectivity index (χ0v) is 13.5. The summed E-state index contributed by atoms with van der Waals surface area (Å²) in [6, 6.07) is 0. The number of hydrogen-bond acceptors (Lipinski definition) is 3. The van der Waals surface area contributed by atoms with Crippen LogP contribution in [0.25, 0.3) is 0 Å². The number of rotatable bonds is 11. The fourth-order valence-electron chi connectivity index (χ4n) is 2.95. The maximum absolute atomic E-state index is 10.2. The number of methoxy groups -OCH3 is 1. The van der Waals surface area contributed by atoms with Crippen LogP contribution in [-0.4, -0.2) is 30.7 Å². The number of ether oxygens (including phenoxy) is 2. The molecule has 3 heteroatoms. The van der Waals surface area contributed by atoms with Gasteiger partial charge in [0.15, 0.2) is 6.29 Å². The van der Waals surface area contributed by atoms with E-state index in [1.807, 2.05) is 0 Å². The van der Waals surface area contributed by atoms with Crippen LogP contribution < -0.4 is 0 Å². The fourth-order valence-corrected chi connectivity index (χ4v) is 2.95. The van der Waals surface area contributed by atoms with E-state index in [-0.39, 0.29) is 18.5 Å². The van der Waals surface area contributed by atoms with Gasteiger partial charge >= 0.3 is 0 Å². The summed E-state index contributed by atoms with van der Waals surface area (Å²) in [7, 11) is 1.68. The molecule has 1 heterocycles. The summed E-state index contributed by atoms with van der Waals surface area (Å²) >= 11 is 0. The second-order valence-electron chi connectivity index (χ2n) is 6.10. The number of unbranched alkanes of at least 4 members (excludes halogenated alkanes) is 7. The Morgan fingerprint density at radius 2 is 1.70 bits per heavy atom. The second-order valence-corrected chi connectivity index (χ2v) is 6.10. The van der Waals surface area contributed by atoms with Crippen LogP contribution in [0.15, 0.2) is 0 Å². The predicted octanol–water partition coefficient (Wildman–Crippen LogP) is 4.42. The molecule has 1 fully saturated rings. The molecule has 0 amide bonds. The number of aliphatic hydroxyl groups is 1. The van der Waals surface area contributed by atoms with E-state index in [0.29, 0.717) is 0 Å². The molecular formula is C17H34O3. The van der Waals surface area contributed by atoms with E-state index in [9.17, 15) is 5.11 Å². The monoisotopic (exact) mass is 286 g/mol. The van der Waals surface area contributed by atoms with Gasteiger partial charge in [-0.05, 0) is 25.7 Å². The van der Waals surface area contributed by atoms with Crippen LogP contribution >= 0.6 is 0 Å². The van der Waals surface area contributed by atoms with Gasteiger partial charge in [0.25, 0.3) is 0 Å². The molecule has 0 aromatic heterocycles. The largest absolute Gasteiger partial charge is 0.390 e. The standard InChI is InChI=1S/C17H34O3/c1-3-4-5-6-7-8-9-10-12-15(18)16-13-11-14-17(19-2)20-16/h15-18H,3-14H2,1-2H3/t15-,16+,17?/m0/s1. The van der Waals surface area contributed by atoms with Crippen molar-refractivity contribution in [2.75, 3.05) is 7.11 Å². The van der Waals surface area contributed by atoms with Crippen LogP contribution in [0, 0.1) is 0 Å². The molecule has 0 aromatic rings. The summed E-state index contributed by atoms with van der Waals surface area (Å²) in [4.78, 5) is 0. The molecule has 0 aliphatic carbocycles. The van der Waals surface area contributed by atoms with Crippen molar-refractivity contribution in [1.82, 2.24) is 0 Å². The Kier molecular flexibility index (Phi) is 10.3. The van der Waals surface area contributed by atoms with Crippen LogP contribution in [0.3, 0.4) is 0 Å². The van der Waals surface area contributed by atoms with E-state index in [2.05, 4.69) is 6.92 Å². The molecule has 120 valence electrons. The summed E-state index contributed by atoms with van der Waals surface area (Å²) in [6.07, 6.45) is 13.9. The third-order valence-corrected chi connectivity index (χ3v) is 4.30. The van der Waals surface area contributed by atoms with E-state index < -0.39 is 0 Å². The smallest absolute Gasteiger partial charge is 0.157 e. The van der Waals surface area contributed by atoms with E-state index in [0.717, 1.165) is 32.1 Å². The van der Waals surface area contributed by atoms with Crippen molar-refractivity contribution in [3.05, 3.63) is 0 Å². The highest BCUT2D eigenvalue weighted by Crippen LogP contribution is 2.24. The predicted molar refractivity (Wildman–Crippen MR) is 82.8 cm³/mol. The number of hydrogen-bond donors (Lipinski definition) is 1. The van der Waals surface area contributed by atoms with Crippen molar-refractivity contribution >= 4 is 0 Å². The molecule has 3 atom stereocenters. The molecule has 0 bridgehead atoms. The first-order valence-electron chi connectivity index (χ1n) is 8.64. The molecule has 1 unspecified atom stereocenters. The molecule has 1 saturated heterocycles. The Morgan fingerprint density at radius 3 is 2.35 bits per heavy atom. The highest BCUT2D eigenvalue weighted by atomic mass is 16.7. The molecule has 20 heavy (non-hydrogen) atoms. The minimum atomic E-state index is -0.312. The summed E-state index contributed by atoms with van der Waals surface area (Å²) in [5.41, 5.74) is 0. The van der Waals surface area contributed by atoms with Crippen molar-refractivity contribution in [2.45, 2.75) is 102 Å². The van der Waals surface area contributed by atoms with Crippen LogP contribution in [0.2, 0.25) is 0 Å². The van der Waals surface area contributed by atoms with E-state index in [1.165, 1.54) is 44.9 Å². The topological polar surface area (TPSA) is 38.7 Å². The average molecular weight is 286 g/mol. The van der Waals surface area contributed by atoms with Gasteiger partial charge in [0.2, 0.25) is 0 Å². The molecule has 1 N–H and O–H groups in total. The van der Waals surface area contributed by atoms with Gasteiger partial charge in [-0.15, -0.1) is 0 Å². The lowest BCUT2D eigenvalue weighted by Crippen LogP contribution is -2.37. The van der Waals surface area contributed by atoms with Gasteiger partial charge in [-0.1, -0.05) is 58.3 Å². The van der Waals surface area contributed by atoms with Gasteiger partial charge < -0.3 is 14.6 Å². The lowest BCUT2D eigenvalue weighted by molar-refractivity contribution is -0.203. The minimum absolute atomic E-state index is 0.0155. The summed E-state index contributed by atoms with van der Waals surface area (Å²) in [5.74, 6) is 0. The quantitative estimate of drug-likeness (QED) is 0.571. The Morgan fingerprint density at radius 1 is 1.05 bits per heavy atom. The fraction of sp³-hybridized carbons (Fsp3) is 1.00. The third kappa shape index (κ3) is 7.61. The summed E-state index contributed by atoms with van der Waals surface area (Å²) in [6.45, 7) is 2.25. The molecule has 3 nitrogen and oxygen atoms in total. The van der Waals surface area contributed by atoms with E-state index >= 15 is 0 Å². The maximum atomic E-state index is 10.2. The van der Waals surface area contributed by atoms with Crippen molar-refractivity contribution in [3.63, 3.8) is 0 Å². The molecular weight excluding hydrogens is 252 g/mol. The average Bonchev–Trinajstić information content (AvgIpc) is 2.49. The number of aliphatic hydroxyl groups excluding tert-OH is 1. The maximum Gasteiger partial charge on any atom is 0.157 e. The molecule has 0 spiro atoms. The molecule has 0 radical (unpaired) electrons. The Balaban J connectivity index is 1.98. The summed E-state index contributed by atoms with van der Waals surface area (Å²) in [5, 5.41) is 10.2. The normalized spacial score (nSPS) is 24.8. The minimum Gasteiger partial charge on any atom is -0.390 e. The van der Waals surface area contributed by atoms with Crippen LogP contribution in [0.5, 0.6) is 0 Å². The van der Waals surface area contributed by atoms with Gasteiger partial charge in [0.1, 0.15) is 0 Å². The molecule has 1 rings (SSSR count).